The quantitative estimate of drug-likeness (QED) is 0.403. The first-order chi connectivity index (χ1) is 11.2. The summed E-state index contributed by atoms with van der Waals surface area (Å²) in [6, 6.07) is 7.92. The number of nitrogens with one attached hydrogen (secondary N) is 3. The fourth-order valence-electron chi connectivity index (χ4n) is 2.66. The largest absolute Gasteiger partial charge is 0.356 e. The molecule has 6 heteroatoms. The Morgan fingerprint density at radius 3 is 2.48 bits per heavy atom. The molecule has 5 nitrogen and oxygen atoms in total. The minimum atomic E-state index is -0.0361. The van der Waals surface area contributed by atoms with Gasteiger partial charge in [-0.1, -0.05) is 28.8 Å². The van der Waals surface area contributed by atoms with Crippen molar-refractivity contribution in [3.63, 3.8) is 0 Å². The van der Waals surface area contributed by atoms with E-state index in [0.29, 0.717) is 18.2 Å². The first-order valence-corrected chi connectivity index (χ1v) is 8.99. The van der Waals surface area contributed by atoms with Crippen molar-refractivity contribution in [2.75, 3.05) is 20.1 Å². The second-order valence-electron chi connectivity index (χ2n) is 5.74. The molecular weight excluding hydrogens is 356 g/mol. The van der Waals surface area contributed by atoms with E-state index in [-0.39, 0.29) is 5.91 Å². The second kappa shape index (κ2) is 9.55. The maximum Gasteiger partial charge on any atom is 0.251 e. The molecule has 126 valence electrons. The first-order valence-electron chi connectivity index (χ1n) is 8.20. The van der Waals surface area contributed by atoms with Gasteiger partial charge in [0, 0.05) is 36.2 Å². The van der Waals surface area contributed by atoms with Crippen LogP contribution in [0.3, 0.4) is 0 Å². The number of aliphatic imine (C=N–C) groups is 1. The number of rotatable bonds is 6. The summed E-state index contributed by atoms with van der Waals surface area (Å²) in [6.07, 6.45) is 5.91. The van der Waals surface area contributed by atoms with Gasteiger partial charge in [0.2, 0.25) is 0 Å². The van der Waals surface area contributed by atoms with Gasteiger partial charge in [-0.05, 0) is 43.5 Å². The van der Waals surface area contributed by atoms with Crippen molar-refractivity contribution in [1.82, 2.24) is 16.0 Å². The molecule has 1 fully saturated rings. The molecule has 1 aromatic rings. The molecule has 1 saturated carbocycles. The molecule has 1 amide bonds. The lowest BCUT2D eigenvalue weighted by Crippen LogP contribution is -2.43. The normalized spacial score (nSPS) is 15.5. The van der Waals surface area contributed by atoms with E-state index in [1.54, 1.807) is 7.05 Å². The molecule has 0 saturated heterocycles. The molecule has 0 radical (unpaired) electrons. The minimum absolute atomic E-state index is 0.0361. The molecule has 0 bridgehead atoms. The van der Waals surface area contributed by atoms with Gasteiger partial charge in [-0.25, -0.2) is 0 Å². The second-order valence-corrected chi connectivity index (χ2v) is 6.66. The molecule has 1 aliphatic carbocycles. The molecule has 3 N–H and O–H groups in total. The Hall–Kier alpha value is -1.56. The number of amides is 1. The lowest BCUT2D eigenvalue weighted by Gasteiger charge is -2.16. The number of benzene rings is 1. The molecule has 0 unspecified atom stereocenters. The van der Waals surface area contributed by atoms with Gasteiger partial charge in [0.1, 0.15) is 0 Å². The van der Waals surface area contributed by atoms with Crippen molar-refractivity contribution in [3.05, 3.63) is 34.3 Å². The summed E-state index contributed by atoms with van der Waals surface area (Å²) in [7, 11) is 1.79. The molecule has 0 aliphatic heterocycles. The Balaban J connectivity index is 1.61. The zero-order valence-electron chi connectivity index (χ0n) is 13.6. The van der Waals surface area contributed by atoms with Gasteiger partial charge in [0.05, 0.1) is 0 Å². The van der Waals surface area contributed by atoms with Crippen LogP contribution in [0.5, 0.6) is 0 Å². The summed E-state index contributed by atoms with van der Waals surface area (Å²) in [6.45, 7) is 1.43. The summed E-state index contributed by atoms with van der Waals surface area (Å²) < 4.78 is 0.972. The van der Waals surface area contributed by atoms with Crippen LogP contribution in [0.1, 0.15) is 42.5 Å². The van der Waals surface area contributed by atoms with Crippen LogP contribution in [0.25, 0.3) is 0 Å². The van der Waals surface area contributed by atoms with Gasteiger partial charge in [0.25, 0.3) is 5.91 Å². The summed E-state index contributed by atoms with van der Waals surface area (Å²) >= 11 is 3.36. The van der Waals surface area contributed by atoms with Gasteiger partial charge < -0.3 is 16.0 Å². The molecule has 0 spiro atoms. The number of carbonyl (C=O) groups excluding carboxylic acids is 1. The summed E-state index contributed by atoms with van der Waals surface area (Å²) in [5.41, 5.74) is 0.680. The smallest absolute Gasteiger partial charge is 0.251 e. The highest BCUT2D eigenvalue weighted by molar-refractivity contribution is 9.10. The van der Waals surface area contributed by atoms with Gasteiger partial charge in [-0.3, -0.25) is 9.79 Å². The van der Waals surface area contributed by atoms with Crippen LogP contribution in [0.2, 0.25) is 0 Å². The van der Waals surface area contributed by atoms with Crippen LogP contribution in [0, 0.1) is 0 Å². The van der Waals surface area contributed by atoms with E-state index in [2.05, 4.69) is 36.9 Å². The molecule has 1 aliphatic rings. The fourth-order valence-corrected chi connectivity index (χ4v) is 2.92. The number of carbonyl (C=O) groups is 1. The zero-order valence-corrected chi connectivity index (χ0v) is 15.2. The lowest BCUT2D eigenvalue weighted by molar-refractivity contribution is 0.0953. The lowest BCUT2D eigenvalue weighted by atomic mass is 10.2. The Labute approximate surface area is 146 Å². The third-order valence-electron chi connectivity index (χ3n) is 3.96. The van der Waals surface area contributed by atoms with Crippen LogP contribution >= 0.6 is 15.9 Å². The number of nitrogens with zero attached hydrogens (tertiary/aromatic N) is 1. The van der Waals surface area contributed by atoms with E-state index in [1.165, 1.54) is 25.7 Å². The van der Waals surface area contributed by atoms with Gasteiger partial charge in [0.15, 0.2) is 5.96 Å². The number of guanidine groups is 1. The highest BCUT2D eigenvalue weighted by atomic mass is 79.9. The van der Waals surface area contributed by atoms with E-state index in [0.717, 1.165) is 23.4 Å². The molecule has 1 aromatic carbocycles. The Kier molecular flexibility index (Phi) is 7.39. The Bertz CT molecular complexity index is 524. The summed E-state index contributed by atoms with van der Waals surface area (Å²) in [5, 5.41) is 9.67. The van der Waals surface area contributed by atoms with Crippen molar-refractivity contribution in [1.29, 1.82) is 0 Å². The highest BCUT2D eigenvalue weighted by Crippen LogP contribution is 2.17. The van der Waals surface area contributed by atoms with E-state index in [9.17, 15) is 4.79 Å². The van der Waals surface area contributed by atoms with Gasteiger partial charge in [-0.2, -0.15) is 0 Å². The molecule has 2 rings (SSSR count). The van der Waals surface area contributed by atoms with Crippen LogP contribution < -0.4 is 16.0 Å². The molecule has 0 aromatic heterocycles. The molecule has 23 heavy (non-hydrogen) atoms. The number of hydrogen-bond acceptors (Lipinski definition) is 2. The molecule has 0 atom stereocenters. The maximum absolute atomic E-state index is 12.0. The third kappa shape index (κ3) is 6.22. The van der Waals surface area contributed by atoms with Gasteiger partial charge >= 0.3 is 0 Å². The van der Waals surface area contributed by atoms with Crippen LogP contribution in [-0.4, -0.2) is 38.0 Å². The Morgan fingerprint density at radius 2 is 1.83 bits per heavy atom. The summed E-state index contributed by atoms with van der Waals surface area (Å²) in [5.74, 6) is 0.821. The van der Waals surface area contributed by atoms with Crippen LogP contribution in [0.15, 0.2) is 33.7 Å². The van der Waals surface area contributed by atoms with Crippen LogP contribution in [-0.2, 0) is 0 Å². The number of hydrogen-bond donors (Lipinski definition) is 3. The number of halogens is 1. The predicted octanol–water partition coefficient (Wildman–Crippen LogP) is 2.68. The average Bonchev–Trinajstić information content (AvgIpc) is 3.07. The maximum atomic E-state index is 12.0. The minimum Gasteiger partial charge on any atom is -0.356 e. The monoisotopic (exact) mass is 380 g/mol. The van der Waals surface area contributed by atoms with E-state index in [1.807, 2.05) is 24.3 Å². The van der Waals surface area contributed by atoms with E-state index >= 15 is 0 Å². The summed E-state index contributed by atoms with van der Waals surface area (Å²) in [4.78, 5) is 16.2. The van der Waals surface area contributed by atoms with Crippen LogP contribution in [0.4, 0.5) is 0 Å². The van der Waals surface area contributed by atoms with Gasteiger partial charge in [-0.15, -0.1) is 0 Å². The highest BCUT2D eigenvalue weighted by Gasteiger charge is 2.15. The van der Waals surface area contributed by atoms with Crippen molar-refractivity contribution >= 4 is 27.8 Å². The van der Waals surface area contributed by atoms with Crippen molar-refractivity contribution in [2.45, 2.75) is 38.1 Å². The van der Waals surface area contributed by atoms with Crippen molar-refractivity contribution < 1.29 is 4.79 Å². The molecule has 0 heterocycles. The zero-order chi connectivity index (χ0) is 16.5. The first kappa shape index (κ1) is 17.8. The van der Waals surface area contributed by atoms with E-state index in [4.69, 9.17) is 0 Å². The third-order valence-corrected chi connectivity index (χ3v) is 4.49. The topological polar surface area (TPSA) is 65.5 Å². The Morgan fingerprint density at radius 1 is 1.17 bits per heavy atom. The predicted molar refractivity (Wildman–Crippen MR) is 97.8 cm³/mol. The fraction of sp³-hybridized carbons (Fsp3) is 0.529. The van der Waals surface area contributed by atoms with E-state index < -0.39 is 0 Å². The van der Waals surface area contributed by atoms with Crippen molar-refractivity contribution in [2.24, 2.45) is 4.99 Å². The van der Waals surface area contributed by atoms with Crippen molar-refractivity contribution in [3.8, 4) is 0 Å². The molecular formula is C17H25BrN4O. The average molecular weight is 381 g/mol. The standard InChI is InChI=1S/C17H25BrN4O/c1-19-17(22-15-5-2-3-6-15)21-12-4-11-20-16(23)13-7-9-14(18)10-8-13/h7-10,15H,2-6,11-12H2,1H3,(H,20,23)(H2,19,21,22). The SMILES string of the molecule is CN=C(NCCCNC(=O)c1ccc(Br)cc1)NC1CCCC1.